The van der Waals surface area contributed by atoms with E-state index in [1.54, 1.807) is 6.07 Å². The van der Waals surface area contributed by atoms with Gasteiger partial charge < -0.3 is 9.47 Å². The van der Waals surface area contributed by atoms with E-state index < -0.39 is 0 Å². The minimum Gasteiger partial charge on any atom is -0.493 e. The van der Waals surface area contributed by atoms with Gasteiger partial charge in [0.2, 0.25) is 0 Å². The summed E-state index contributed by atoms with van der Waals surface area (Å²) in [5.41, 5.74) is 0.397. The molecule has 1 rings (SSSR count). The van der Waals surface area contributed by atoms with Crippen molar-refractivity contribution in [3.8, 4) is 11.5 Å². The molecule has 0 bridgehead atoms. The van der Waals surface area contributed by atoms with Gasteiger partial charge in [-0.2, -0.15) is 0 Å². The summed E-state index contributed by atoms with van der Waals surface area (Å²) in [6.45, 7) is 6.79. The largest absolute Gasteiger partial charge is 0.493 e. The third kappa shape index (κ3) is 3.53. The molecule has 1 aromatic rings. The second-order valence-electron chi connectivity index (χ2n) is 4.73. The number of ether oxygens (including phenoxy) is 2. The molecule has 0 spiro atoms. The number of pyridine rings is 1. The summed E-state index contributed by atoms with van der Waals surface area (Å²) in [6, 6.07) is 1.56. The number of hydrogen-bond acceptors (Lipinski definition) is 4. The fourth-order valence-corrected chi connectivity index (χ4v) is 1.07. The van der Waals surface area contributed by atoms with Crippen LogP contribution in [0, 0.1) is 5.41 Å². The Morgan fingerprint density at radius 1 is 1.38 bits per heavy atom. The summed E-state index contributed by atoms with van der Waals surface area (Å²) in [5, 5.41) is 0. The van der Waals surface area contributed by atoms with Crippen LogP contribution in [0.15, 0.2) is 12.3 Å². The van der Waals surface area contributed by atoms with Crippen molar-refractivity contribution in [3.63, 3.8) is 0 Å². The van der Waals surface area contributed by atoms with E-state index in [0.29, 0.717) is 30.1 Å². The van der Waals surface area contributed by atoms with E-state index in [1.165, 1.54) is 13.3 Å². The first kappa shape index (κ1) is 12.5. The van der Waals surface area contributed by atoms with Crippen molar-refractivity contribution in [3.05, 3.63) is 18.0 Å². The quantitative estimate of drug-likeness (QED) is 0.735. The number of methoxy groups -OCH3 is 1. The molecule has 1 aromatic heterocycles. The Bertz CT molecular complexity index is 369. The van der Waals surface area contributed by atoms with Gasteiger partial charge in [0.05, 0.1) is 19.9 Å². The molecule has 4 nitrogen and oxygen atoms in total. The lowest BCUT2D eigenvalue weighted by Crippen LogP contribution is -2.17. The second kappa shape index (κ2) is 4.96. The maximum absolute atomic E-state index is 10.5. The van der Waals surface area contributed by atoms with Gasteiger partial charge in [-0.3, -0.25) is 4.79 Å². The van der Waals surface area contributed by atoms with Gasteiger partial charge in [0, 0.05) is 6.07 Å². The Balaban J connectivity index is 2.83. The van der Waals surface area contributed by atoms with Crippen molar-refractivity contribution in [2.45, 2.75) is 20.8 Å². The van der Waals surface area contributed by atoms with E-state index in [-0.39, 0.29) is 5.41 Å². The molecule has 4 heteroatoms. The molecule has 0 saturated carbocycles. The van der Waals surface area contributed by atoms with E-state index in [1.807, 2.05) is 0 Å². The summed E-state index contributed by atoms with van der Waals surface area (Å²) in [4.78, 5) is 14.5. The zero-order valence-corrected chi connectivity index (χ0v) is 10.1. The van der Waals surface area contributed by atoms with Crippen LogP contribution in [-0.4, -0.2) is 25.0 Å². The highest BCUT2D eigenvalue weighted by molar-refractivity contribution is 5.73. The van der Waals surface area contributed by atoms with Crippen molar-refractivity contribution in [2.75, 3.05) is 13.7 Å². The molecule has 0 saturated heterocycles. The molecule has 0 N–H and O–H groups in total. The van der Waals surface area contributed by atoms with Gasteiger partial charge in [-0.05, 0) is 5.41 Å². The summed E-state index contributed by atoms with van der Waals surface area (Å²) < 4.78 is 10.7. The molecule has 1 heterocycles. The number of carbonyl (C=O) groups is 1. The molecular weight excluding hydrogens is 206 g/mol. The molecule has 0 radical (unpaired) electrons. The van der Waals surface area contributed by atoms with Crippen LogP contribution in [0.25, 0.3) is 0 Å². The van der Waals surface area contributed by atoms with Crippen molar-refractivity contribution >= 4 is 6.29 Å². The third-order valence-corrected chi connectivity index (χ3v) is 1.85. The first-order chi connectivity index (χ1) is 7.46. The van der Waals surface area contributed by atoms with Crippen molar-refractivity contribution < 1.29 is 14.3 Å². The van der Waals surface area contributed by atoms with Crippen molar-refractivity contribution in [1.29, 1.82) is 0 Å². The first-order valence-electron chi connectivity index (χ1n) is 5.08. The smallest absolute Gasteiger partial charge is 0.179 e. The molecule has 16 heavy (non-hydrogen) atoms. The van der Waals surface area contributed by atoms with Gasteiger partial charge in [-0.15, -0.1) is 0 Å². The van der Waals surface area contributed by atoms with Crippen molar-refractivity contribution in [2.24, 2.45) is 5.41 Å². The van der Waals surface area contributed by atoms with E-state index in [2.05, 4.69) is 25.8 Å². The van der Waals surface area contributed by atoms with Gasteiger partial charge in [-0.25, -0.2) is 4.98 Å². The predicted octanol–water partition coefficient (Wildman–Crippen LogP) is 2.33. The van der Waals surface area contributed by atoms with Crippen LogP contribution >= 0.6 is 0 Å². The topological polar surface area (TPSA) is 48.4 Å². The van der Waals surface area contributed by atoms with Gasteiger partial charge in [0.25, 0.3) is 0 Å². The maximum atomic E-state index is 10.5. The molecule has 0 fully saturated rings. The lowest BCUT2D eigenvalue weighted by atomic mass is 9.99. The number of rotatable bonds is 4. The van der Waals surface area contributed by atoms with Gasteiger partial charge in [-0.1, -0.05) is 20.8 Å². The molecule has 0 amide bonds. The van der Waals surface area contributed by atoms with Gasteiger partial charge in [0.1, 0.15) is 5.69 Å². The van der Waals surface area contributed by atoms with Gasteiger partial charge in [0.15, 0.2) is 17.8 Å². The van der Waals surface area contributed by atoms with E-state index in [9.17, 15) is 4.79 Å². The monoisotopic (exact) mass is 223 g/mol. The summed E-state index contributed by atoms with van der Waals surface area (Å²) in [6.07, 6.45) is 2.18. The molecule has 0 aromatic carbocycles. The Labute approximate surface area is 95.6 Å². The number of hydrogen-bond donors (Lipinski definition) is 0. The maximum Gasteiger partial charge on any atom is 0.179 e. The summed E-state index contributed by atoms with van der Waals surface area (Å²) >= 11 is 0. The van der Waals surface area contributed by atoms with Gasteiger partial charge >= 0.3 is 0 Å². The average molecular weight is 223 g/mol. The highest BCUT2D eigenvalue weighted by Gasteiger charge is 2.13. The Hall–Kier alpha value is -1.58. The molecule has 0 atom stereocenters. The fraction of sp³-hybridized carbons (Fsp3) is 0.500. The Kier molecular flexibility index (Phi) is 3.88. The second-order valence-corrected chi connectivity index (χ2v) is 4.73. The number of aromatic nitrogens is 1. The lowest BCUT2D eigenvalue weighted by molar-refractivity contribution is 0.111. The Morgan fingerprint density at radius 2 is 2.06 bits per heavy atom. The highest BCUT2D eigenvalue weighted by atomic mass is 16.5. The van der Waals surface area contributed by atoms with E-state index in [4.69, 9.17) is 9.47 Å². The zero-order valence-electron chi connectivity index (χ0n) is 10.1. The van der Waals surface area contributed by atoms with Crippen LogP contribution in [0.4, 0.5) is 0 Å². The molecule has 0 aliphatic carbocycles. The first-order valence-corrected chi connectivity index (χ1v) is 5.08. The van der Waals surface area contributed by atoms with Crippen LogP contribution in [0.1, 0.15) is 31.3 Å². The van der Waals surface area contributed by atoms with Crippen LogP contribution < -0.4 is 9.47 Å². The minimum atomic E-state index is 0.0638. The molecule has 0 aliphatic rings. The normalized spacial score (nSPS) is 11.0. The SMILES string of the molecule is COc1cc(C=O)ncc1OCC(C)(C)C. The Morgan fingerprint density at radius 3 is 2.56 bits per heavy atom. The zero-order chi connectivity index (χ0) is 12.2. The van der Waals surface area contributed by atoms with Crippen molar-refractivity contribution in [1.82, 2.24) is 4.98 Å². The summed E-state index contributed by atoms with van der Waals surface area (Å²) in [7, 11) is 1.54. The number of aldehydes is 1. The van der Waals surface area contributed by atoms with Crippen LogP contribution in [0.5, 0.6) is 11.5 Å². The average Bonchev–Trinajstić information content (AvgIpc) is 2.25. The molecular formula is C12H17NO3. The molecule has 0 unspecified atom stereocenters. The summed E-state index contributed by atoms with van der Waals surface area (Å²) in [5.74, 6) is 1.09. The molecule has 88 valence electrons. The number of carbonyl (C=O) groups excluding carboxylic acids is 1. The predicted molar refractivity (Wildman–Crippen MR) is 61.1 cm³/mol. The standard InChI is InChI=1S/C12H17NO3/c1-12(2,3)8-16-11-6-13-9(7-14)5-10(11)15-4/h5-7H,8H2,1-4H3. The van der Waals surface area contributed by atoms with E-state index >= 15 is 0 Å². The van der Waals surface area contributed by atoms with E-state index in [0.717, 1.165) is 0 Å². The van der Waals surface area contributed by atoms with Crippen LogP contribution in [-0.2, 0) is 0 Å². The van der Waals surface area contributed by atoms with Crippen LogP contribution in [0.3, 0.4) is 0 Å². The lowest BCUT2D eigenvalue weighted by Gasteiger charge is -2.19. The minimum absolute atomic E-state index is 0.0638. The number of nitrogens with zero attached hydrogens (tertiary/aromatic N) is 1. The van der Waals surface area contributed by atoms with Crippen LogP contribution in [0.2, 0.25) is 0 Å². The fourth-order valence-electron chi connectivity index (χ4n) is 1.07. The third-order valence-electron chi connectivity index (χ3n) is 1.85. The highest BCUT2D eigenvalue weighted by Crippen LogP contribution is 2.27. The molecule has 0 aliphatic heterocycles.